The Morgan fingerprint density at radius 1 is 0.297 bits per heavy atom. The van der Waals surface area contributed by atoms with Crippen molar-refractivity contribution in [1.29, 1.82) is 0 Å². The fourth-order valence-electron chi connectivity index (χ4n) is 13.3. The molecule has 0 amide bonds. The quantitative estimate of drug-likeness (QED) is 0.165. The van der Waals surface area contributed by atoms with E-state index < -0.39 is 0 Å². The van der Waals surface area contributed by atoms with Gasteiger partial charge in [0.1, 0.15) is 23.0 Å². The van der Waals surface area contributed by atoms with Crippen molar-refractivity contribution in [3.63, 3.8) is 0 Å². The van der Waals surface area contributed by atoms with Gasteiger partial charge in [-0.05, 0) is 100 Å². The third kappa shape index (κ3) is 5.30. The van der Waals surface area contributed by atoms with E-state index in [1.807, 2.05) is 0 Å². The second-order valence-corrected chi connectivity index (χ2v) is 19.9. The van der Waals surface area contributed by atoms with Gasteiger partial charge in [-0.1, -0.05) is 158 Å². The van der Waals surface area contributed by atoms with E-state index in [0.717, 1.165) is 107 Å². The smallest absolute Gasteiger partial charge is 0.260 e. The molecule has 0 radical (unpaired) electrons. The van der Waals surface area contributed by atoms with Gasteiger partial charge in [0.15, 0.2) is 0 Å². The molecule has 0 spiro atoms. The van der Waals surface area contributed by atoms with Gasteiger partial charge < -0.3 is 28.4 Å². The molecule has 342 valence electrons. The lowest BCUT2D eigenvalue weighted by atomic mass is 9.31. The zero-order valence-corrected chi connectivity index (χ0v) is 39.9. The summed E-state index contributed by atoms with van der Waals surface area (Å²) in [6.07, 6.45) is 0. The maximum atomic E-state index is 7.81. The van der Waals surface area contributed by atoms with Crippen molar-refractivity contribution < 1.29 is 9.47 Å². The van der Waals surface area contributed by atoms with Gasteiger partial charge in [-0.2, -0.15) is 0 Å². The van der Waals surface area contributed by atoms with Crippen LogP contribution in [0.25, 0.3) is 55.0 Å². The molecule has 17 rings (SSSR count). The highest BCUT2D eigenvalue weighted by atomic mass is 16.5. The van der Waals surface area contributed by atoms with E-state index in [-0.39, 0.29) is 13.4 Å². The zero-order chi connectivity index (χ0) is 48.2. The first-order valence-electron chi connectivity index (χ1n) is 25.5. The molecule has 0 saturated heterocycles. The first-order valence-corrected chi connectivity index (χ1v) is 25.5. The van der Waals surface area contributed by atoms with E-state index in [1.54, 1.807) is 0 Å². The van der Waals surface area contributed by atoms with Crippen molar-refractivity contribution in [2.45, 2.75) is 0 Å². The van der Waals surface area contributed by atoms with Crippen LogP contribution in [0, 0.1) is 0 Å². The molecule has 13 aromatic rings. The number of hydrogen-bond donors (Lipinski definition) is 0. The summed E-state index contributed by atoms with van der Waals surface area (Å²) in [5.74, 6) is 3.30. The van der Waals surface area contributed by atoms with E-state index >= 15 is 0 Å². The Labute approximate surface area is 427 Å². The fourth-order valence-corrected chi connectivity index (χ4v) is 13.3. The number of benzene rings is 11. The summed E-state index contributed by atoms with van der Waals surface area (Å²) in [5, 5.41) is 4.78. The number of anilines is 6. The lowest BCUT2D eigenvalue weighted by molar-refractivity contribution is 0.465. The lowest BCUT2D eigenvalue weighted by Gasteiger charge is -2.46. The topological polar surface area (TPSA) is 34.8 Å². The maximum absolute atomic E-state index is 7.81. The van der Waals surface area contributed by atoms with Crippen LogP contribution < -0.4 is 52.1 Å². The van der Waals surface area contributed by atoms with E-state index in [0.29, 0.717) is 0 Å². The summed E-state index contributed by atoms with van der Waals surface area (Å²) >= 11 is 0. The van der Waals surface area contributed by atoms with E-state index in [2.05, 4.69) is 262 Å². The molecular weight excluding hydrogens is 902 g/mol. The summed E-state index contributed by atoms with van der Waals surface area (Å²) in [6, 6.07) is 88.3. The third-order valence-corrected chi connectivity index (χ3v) is 16.2. The van der Waals surface area contributed by atoms with Gasteiger partial charge in [-0.3, -0.25) is 0 Å². The number of para-hydroxylation sites is 8. The normalized spacial score (nSPS) is 13.5. The van der Waals surface area contributed by atoms with Crippen molar-refractivity contribution in [1.82, 2.24) is 9.13 Å². The molecule has 0 aliphatic carbocycles. The molecule has 4 aliphatic heterocycles. The van der Waals surface area contributed by atoms with Crippen molar-refractivity contribution >= 4 is 124 Å². The molecule has 74 heavy (non-hydrogen) atoms. The van der Waals surface area contributed by atoms with Crippen LogP contribution in [0.2, 0.25) is 0 Å². The Kier molecular flexibility index (Phi) is 8.08. The molecule has 11 aromatic carbocycles. The van der Waals surface area contributed by atoms with Gasteiger partial charge in [0.2, 0.25) is 0 Å². The fraction of sp³-hybridized carbons (Fsp3) is 0. The number of hydrogen-bond acceptors (Lipinski definition) is 4. The summed E-state index contributed by atoms with van der Waals surface area (Å²) in [6.45, 7) is -0.310. The Balaban J connectivity index is 1.01. The number of aromatic nitrogens is 2. The van der Waals surface area contributed by atoms with Crippen LogP contribution in [0.1, 0.15) is 0 Å². The lowest BCUT2D eigenvalue weighted by Crippen LogP contribution is -2.63. The summed E-state index contributed by atoms with van der Waals surface area (Å²) in [4.78, 5) is 5.05. The minimum atomic E-state index is -0.163. The second kappa shape index (κ2) is 14.9. The Hall–Kier alpha value is -9.65. The molecule has 6 nitrogen and oxygen atoms in total. The molecular formula is C66H40B2N4O2. The van der Waals surface area contributed by atoms with Crippen LogP contribution in [0.3, 0.4) is 0 Å². The average molecular weight is 943 g/mol. The maximum Gasteiger partial charge on any atom is 0.260 e. The van der Waals surface area contributed by atoms with E-state index in [4.69, 9.17) is 9.47 Å². The minimum absolute atomic E-state index is 0.147. The molecule has 4 aliphatic rings. The number of nitrogens with zero attached hydrogens (tertiary/aromatic N) is 4. The molecule has 0 atom stereocenters. The van der Waals surface area contributed by atoms with Gasteiger partial charge in [0.05, 0.1) is 39.1 Å². The van der Waals surface area contributed by atoms with Crippen LogP contribution in [0.4, 0.5) is 34.1 Å². The molecule has 0 fully saturated rings. The van der Waals surface area contributed by atoms with Crippen molar-refractivity contribution in [2.75, 3.05) is 9.80 Å². The standard InChI is InChI=1S/C66H40B2N4O2/c1-4-20-41(21-5-1)69-54-33-17-12-28-47(54)61-56(69)40-57-62-65(61)72(43-24-8-3-9-25-43)64-50(67(62)48-29-13-18-34-55(48)70(57)42-22-6-2-7-23-42)36-37-51-66(64)74-60-39-44(38-59-63(60)68(51)49-30-14-19-35-58(49)73-59)71-52-31-15-10-26-45(52)46-27-11-16-32-53(46)71/h1-40H. The Bertz CT molecular complexity index is 4480. The zero-order valence-electron chi connectivity index (χ0n) is 39.9. The van der Waals surface area contributed by atoms with Gasteiger partial charge in [0, 0.05) is 67.6 Å². The Morgan fingerprint density at radius 2 is 0.811 bits per heavy atom. The predicted octanol–water partition coefficient (Wildman–Crippen LogP) is 12.7. The first kappa shape index (κ1) is 40.0. The van der Waals surface area contributed by atoms with Crippen LogP contribution in [-0.2, 0) is 0 Å². The van der Waals surface area contributed by atoms with E-state index in [1.165, 1.54) is 37.9 Å². The van der Waals surface area contributed by atoms with Crippen molar-refractivity contribution in [3.8, 4) is 34.4 Å². The van der Waals surface area contributed by atoms with Crippen LogP contribution in [0.15, 0.2) is 243 Å². The summed E-state index contributed by atoms with van der Waals surface area (Å²) < 4.78 is 19.6. The number of rotatable bonds is 4. The average Bonchev–Trinajstić information content (AvgIpc) is 3.98. The largest absolute Gasteiger partial charge is 0.458 e. The molecule has 0 saturated carbocycles. The molecule has 2 aromatic heterocycles. The van der Waals surface area contributed by atoms with Gasteiger partial charge >= 0.3 is 0 Å². The van der Waals surface area contributed by atoms with Gasteiger partial charge in [0.25, 0.3) is 13.4 Å². The van der Waals surface area contributed by atoms with Crippen LogP contribution in [0.5, 0.6) is 23.0 Å². The van der Waals surface area contributed by atoms with Gasteiger partial charge in [-0.15, -0.1) is 0 Å². The van der Waals surface area contributed by atoms with Crippen molar-refractivity contribution in [2.24, 2.45) is 0 Å². The summed E-state index contributed by atoms with van der Waals surface area (Å²) in [7, 11) is 0. The molecule has 0 N–H and O–H groups in total. The molecule has 6 heterocycles. The molecule has 0 unspecified atom stereocenters. The van der Waals surface area contributed by atoms with Gasteiger partial charge in [-0.25, -0.2) is 0 Å². The number of ether oxygens (including phenoxy) is 2. The van der Waals surface area contributed by atoms with Crippen LogP contribution in [-0.4, -0.2) is 22.6 Å². The molecule has 0 bridgehead atoms. The number of fused-ring (bicyclic) bond motifs is 16. The minimum Gasteiger partial charge on any atom is -0.458 e. The molecule has 8 heteroatoms. The SMILES string of the molecule is c1ccc(N2c3ccccc3B3c4ccc5c(c4N(c4ccccc4)c4c3c2cc2c4c3ccccc3n2-c2ccccc2)Oc2cc(-n3c4ccccc4c4ccccc43)cc3c2B5c2ccccc2O3)cc1. The second-order valence-electron chi connectivity index (χ2n) is 19.9. The monoisotopic (exact) mass is 942 g/mol. The first-order chi connectivity index (χ1) is 36.8. The predicted molar refractivity (Wildman–Crippen MR) is 307 cm³/mol. The van der Waals surface area contributed by atoms with Crippen molar-refractivity contribution in [3.05, 3.63) is 243 Å². The highest BCUT2D eigenvalue weighted by Gasteiger charge is 2.49. The third-order valence-electron chi connectivity index (χ3n) is 16.2. The Morgan fingerprint density at radius 3 is 1.51 bits per heavy atom. The van der Waals surface area contributed by atoms with Crippen LogP contribution >= 0.6 is 0 Å². The van der Waals surface area contributed by atoms with E-state index in [9.17, 15) is 0 Å². The highest BCUT2D eigenvalue weighted by molar-refractivity contribution is 7.02. The summed E-state index contributed by atoms with van der Waals surface area (Å²) in [5.41, 5.74) is 20.3. The highest BCUT2D eigenvalue weighted by Crippen LogP contribution is 2.53.